The van der Waals surface area contributed by atoms with Gasteiger partial charge in [-0.1, -0.05) is 17.7 Å². The lowest BCUT2D eigenvalue weighted by molar-refractivity contribution is -0.110. The lowest BCUT2D eigenvalue weighted by atomic mass is 10.1. The van der Waals surface area contributed by atoms with Crippen molar-refractivity contribution in [1.82, 2.24) is 0 Å². The number of benzene rings is 2. The molecule has 2 aromatic rings. The molecule has 0 heterocycles. The second kappa shape index (κ2) is 10.7. The predicted octanol–water partition coefficient (Wildman–Crippen LogP) is 5.26. The number of anilines is 1. The minimum atomic E-state index is -0.153. The number of allylic oxidation sites excluding steroid dienone is 2. The van der Waals surface area contributed by atoms with Crippen molar-refractivity contribution in [3.8, 4) is 17.2 Å². The number of thioether (sulfide) groups is 1. The summed E-state index contributed by atoms with van der Waals surface area (Å²) in [6.07, 6.45) is 6.61. The molecule has 0 fully saturated rings. The van der Waals surface area contributed by atoms with Crippen LogP contribution in [0, 0.1) is 0 Å². The zero-order valence-electron chi connectivity index (χ0n) is 16.1. The Balaban J connectivity index is 2.17. The Morgan fingerprint density at radius 1 is 1.04 bits per heavy atom. The molecule has 0 aliphatic rings. The third kappa shape index (κ3) is 5.97. The van der Waals surface area contributed by atoms with Crippen LogP contribution in [-0.2, 0) is 4.79 Å². The molecule has 5 nitrogen and oxygen atoms in total. The van der Waals surface area contributed by atoms with Crippen LogP contribution in [0.3, 0.4) is 0 Å². The van der Waals surface area contributed by atoms with Crippen LogP contribution in [0.25, 0.3) is 6.08 Å². The summed E-state index contributed by atoms with van der Waals surface area (Å²) in [5, 5.41) is 4.57. The normalized spacial score (nSPS) is 11.4. The average molecular weight is 420 g/mol. The monoisotopic (exact) mass is 419 g/mol. The summed E-state index contributed by atoms with van der Waals surface area (Å²) >= 11 is 7.33. The highest BCUT2D eigenvalue weighted by Gasteiger charge is 2.12. The van der Waals surface area contributed by atoms with E-state index in [4.69, 9.17) is 25.8 Å². The molecule has 0 unspecified atom stereocenters. The number of rotatable bonds is 9. The minimum Gasteiger partial charge on any atom is -0.493 e. The standard InChI is InChI=1S/C21H22ClNO4S/c1-25-18-11-14(12-19(26-2)21(18)27-3)5-10-17(24)13-20(28-4)23-16-8-6-15(22)7-9-16/h5-13,23H,1-4H3/b10-5+,20-13+. The first kappa shape index (κ1) is 21.7. The zero-order chi connectivity index (χ0) is 20.5. The van der Waals surface area contributed by atoms with Crippen LogP contribution < -0.4 is 19.5 Å². The smallest absolute Gasteiger partial charge is 0.203 e. The second-order valence-corrected chi connectivity index (χ2v) is 6.82. The number of methoxy groups -OCH3 is 3. The van der Waals surface area contributed by atoms with Gasteiger partial charge in [-0.25, -0.2) is 0 Å². The van der Waals surface area contributed by atoms with Crippen LogP contribution in [0.4, 0.5) is 5.69 Å². The van der Waals surface area contributed by atoms with E-state index in [0.29, 0.717) is 22.3 Å². The maximum Gasteiger partial charge on any atom is 0.203 e. The molecular weight excluding hydrogens is 398 g/mol. The van der Waals surface area contributed by atoms with E-state index in [1.807, 2.05) is 18.4 Å². The van der Waals surface area contributed by atoms with Crippen molar-refractivity contribution in [1.29, 1.82) is 0 Å². The van der Waals surface area contributed by atoms with Gasteiger partial charge in [0.25, 0.3) is 0 Å². The van der Waals surface area contributed by atoms with Crippen LogP contribution in [0.2, 0.25) is 5.02 Å². The van der Waals surface area contributed by atoms with Gasteiger partial charge >= 0.3 is 0 Å². The van der Waals surface area contributed by atoms with Crippen LogP contribution in [0.15, 0.2) is 53.6 Å². The topological polar surface area (TPSA) is 56.8 Å². The molecule has 0 amide bonds. The van der Waals surface area contributed by atoms with Crippen molar-refractivity contribution in [3.63, 3.8) is 0 Å². The van der Waals surface area contributed by atoms with Crippen molar-refractivity contribution in [2.45, 2.75) is 0 Å². The number of carbonyl (C=O) groups is 1. The zero-order valence-corrected chi connectivity index (χ0v) is 17.7. The number of halogens is 1. The first-order valence-corrected chi connectivity index (χ1v) is 9.91. The highest BCUT2D eigenvalue weighted by molar-refractivity contribution is 8.02. The maximum atomic E-state index is 12.3. The van der Waals surface area contributed by atoms with Gasteiger partial charge in [0.15, 0.2) is 17.3 Å². The molecule has 0 atom stereocenters. The molecule has 0 saturated carbocycles. The Morgan fingerprint density at radius 3 is 2.14 bits per heavy atom. The van der Waals surface area contributed by atoms with E-state index in [-0.39, 0.29) is 5.78 Å². The highest BCUT2D eigenvalue weighted by Crippen LogP contribution is 2.38. The van der Waals surface area contributed by atoms with Crippen LogP contribution in [0.1, 0.15) is 5.56 Å². The van der Waals surface area contributed by atoms with Gasteiger partial charge in [0, 0.05) is 16.8 Å². The fraction of sp³-hybridized carbons (Fsp3) is 0.190. The number of ketones is 1. The van der Waals surface area contributed by atoms with Gasteiger partial charge in [-0.3, -0.25) is 4.79 Å². The molecule has 2 aromatic carbocycles. The molecule has 0 aliphatic carbocycles. The van der Waals surface area contributed by atoms with Crippen molar-refractivity contribution in [3.05, 3.63) is 64.2 Å². The molecule has 148 valence electrons. The fourth-order valence-corrected chi connectivity index (χ4v) is 2.95. The number of hydrogen-bond donors (Lipinski definition) is 1. The molecule has 2 rings (SSSR count). The molecule has 7 heteroatoms. The Hall–Kier alpha value is -2.57. The lowest BCUT2D eigenvalue weighted by Gasteiger charge is -2.12. The van der Waals surface area contributed by atoms with Crippen molar-refractivity contribution < 1.29 is 19.0 Å². The predicted molar refractivity (Wildman–Crippen MR) is 117 cm³/mol. The van der Waals surface area contributed by atoms with E-state index >= 15 is 0 Å². The minimum absolute atomic E-state index is 0.153. The van der Waals surface area contributed by atoms with E-state index in [1.54, 1.807) is 51.7 Å². The van der Waals surface area contributed by atoms with Gasteiger partial charge in [0.2, 0.25) is 5.75 Å². The van der Waals surface area contributed by atoms with E-state index in [9.17, 15) is 4.79 Å². The van der Waals surface area contributed by atoms with Gasteiger partial charge < -0.3 is 19.5 Å². The quantitative estimate of drug-likeness (QED) is 0.559. The van der Waals surface area contributed by atoms with Gasteiger partial charge in [0.05, 0.1) is 26.4 Å². The van der Waals surface area contributed by atoms with Crippen molar-refractivity contribution in [2.75, 3.05) is 32.9 Å². The largest absolute Gasteiger partial charge is 0.493 e. The van der Waals surface area contributed by atoms with Crippen molar-refractivity contribution >= 4 is 40.9 Å². The number of nitrogens with one attached hydrogen (secondary N) is 1. The number of ether oxygens (including phenoxy) is 3. The Kier molecular flexibility index (Phi) is 8.29. The molecule has 1 N–H and O–H groups in total. The third-order valence-corrected chi connectivity index (χ3v) is 4.64. The molecule has 0 spiro atoms. The molecule has 28 heavy (non-hydrogen) atoms. The van der Waals surface area contributed by atoms with E-state index < -0.39 is 0 Å². The fourth-order valence-electron chi connectivity index (χ4n) is 2.37. The second-order valence-electron chi connectivity index (χ2n) is 5.54. The molecular formula is C21H22ClNO4S. The van der Waals surface area contributed by atoms with Crippen molar-refractivity contribution in [2.24, 2.45) is 0 Å². The first-order chi connectivity index (χ1) is 13.5. The number of hydrogen-bond acceptors (Lipinski definition) is 6. The first-order valence-electron chi connectivity index (χ1n) is 8.31. The van der Waals surface area contributed by atoms with Gasteiger partial charge in [-0.2, -0.15) is 0 Å². The van der Waals surface area contributed by atoms with Gasteiger partial charge in [-0.15, -0.1) is 11.8 Å². The highest BCUT2D eigenvalue weighted by atomic mass is 35.5. The summed E-state index contributed by atoms with van der Waals surface area (Å²) in [5.74, 6) is 1.40. The lowest BCUT2D eigenvalue weighted by Crippen LogP contribution is -1.99. The van der Waals surface area contributed by atoms with Crippen LogP contribution in [0.5, 0.6) is 17.2 Å². The van der Waals surface area contributed by atoms with E-state index in [2.05, 4.69) is 5.32 Å². The number of carbonyl (C=O) groups excluding carboxylic acids is 1. The summed E-state index contributed by atoms with van der Waals surface area (Å²) in [7, 11) is 4.64. The van der Waals surface area contributed by atoms with Gasteiger partial charge in [0.1, 0.15) is 0 Å². The Bertz CT molecular complexity index is 853. The van der Waals surface area contributed by atoms with Crippen LogP contribution >= 0.6 is 23.4 Å². The SMILES string of the molecule is COc1cc(/C=C/C(=O)/C=C(\Nc2ccc(Cl)cc2)SC)cc(OC)c1OC. The van der Waals surface area contributed by atoms with Crippen LogP contribution in [-0.4, -0.2) is 33.4 Å². The van der Waals surface area contributed by atoms with Gasteiger partial charge in [-0.05, 0) is 54.3 Å². The third-order valence-electron chi connectivity index (χ3n) is 3.73. The average Bonchev–Trinajstić information content (AvgIpc) is 2.72. The molecule has 0 radical (unpaired) electrons. The van der Waals surface area contributed by atoms with E-state index in [0.717, 1.165) is 16.3 Å². The summed E-state index contributed by atoms with van der Waals surface area (Å²) < 4.78 is 15.9. The summed E-state index contributed by atoms with van der Waals surface area (Å²) in [6, 6.07) is 10.8. The molecule has 0 bridgehead atoms. The maximum absolute atomic E-state index is 12.3. The molecule has 0 saturated heterocycles. The molecule has 0 aliphatic heterocycles. The summed E-state index contributed by atoms with van der Waals surface area (Å²) in [6.45, 7) is 0. The Morgan fingerprint density at radius 2 is 1.64 bits per heavy atom. The summed E-state index contributed by atoms with van der Waals surface area (Å²) in [5.41, 5.74) is 1.61. The summed E-state index contributed by atoms with van der Waals surface area (Å²) in [4.78, 5) is 12.3. The Labute approximate surface area is 174 Å². The molecule has 0 aromatic heterocycles. The van der Waals surface area contributed by atoms with E-state index in [1.165, 1.54) is 23.9 Å².